The van der Waals surface area contributed by atoms with Crippen LogP contribution in [0.1, 0.15) is 15.9 Å². The lowest BCUT2D eigenvalue weighted by molar-refractivity contribution is 0.0951. The van der Waals surface area contributed by atoms with Crippen LogP contribution in [-0.4, -0.2) is 24.7 Å². The number of benzene rings is 2. The van der Waals surface area contributed by atoms with E-state index in [-0.39, 0.29) is 23.0 Å². The number of carbonyl (C=O) groups excluding carboxylic acids is 1. The molecule has 2 aromatic carbocycles. The van der Waals surface area contributed by atoms with Crippen LogP contribution in [0.3, 0.4) is 0 Å². The molecule has 2 N–H and O–H groups in total. The van der Waals surface area contributed by atoms with E-state index in [2.05, 4.69) is 5.32 Å². The molecule has 1 amide bonds. The molecule has 0 aliphatic rings. The fourth-order valence-corrected chi connectivity index (χ4v) is 1.89. The zero-order valence-electron chi connectivity index (χ0n) is 11.6. The first-order valence-corrected chi connectivity index (χ1v) is 6.50. The van der Waals surface area contributed by atoms with E-state index in [9.17, 15) is 14.3 Å². The number of methoxy groups -OCH3 is 1. The van der Waals surface area contributed by atoms with E-state index in [0.717, 1.165) is 5.56 Å². The Morgan fingerprint density at radius 3 is 2.62 bits per heavy atom. The summed E-state index contributed by atoms with van der Waals surface area (Å²) in [5.41, 5.74) is 1.08. The molecule has 0 unspecified atom stereocenters. The normalized spacial score (nSPS) is 10.2. The molecule has 0 aliphatic carbocycles. The molecular formula is C16H16FNO3. The molecule has 0 heterocycles. The minimum atomic E-state index is -0.381. The Morgan fingerprint density at radius 2 is 1.95 bits per heavy atom. The number of amides is 1. The van der Waals surface area contributed by atoms with Crippen LogP contribution in [0.4, 0.5) is 4.39 Å². The van der Waals surface area contributed by atoms with Gasteiger partial charge in [0.2, 0.25) is 0 Å². The highest BCUT2D eigenvalue weighted by Gasteiger charge is 2.11. The summed E-state index contributed by atoms with van der Waals surface area (Å²) in [5.74, 6) is -0.274. The van der Waals surface area contributed by atoms with Gasteiger partial charge in [0, 0.05) is 6.54 Å². The Kier molecular flexibility index (Phi) is 4.77. The molecule has 4 nitrogen and oxygen atoms in total. The zero-order chi connectivity index (χ0) is 15.2. The van der Waals surface area contributed by atoms with E-state index < -0.39 is 0 Å². The standard InChI is InChI=1S/C16H16FNO3/c1-21-13-6-7-15(19)14(10-13)16(20)18-9-8-11-2-4-12(17)5-3-11/h2-7,10,19H,8-9H2,1H3,(H,18,20). The average molecular weight is 289 g/mol. The molecule has 0 fully saturated rings. The second-order valence-corrected chi connectivity index (χ2v) is 4.52. The van der Waals surface area contributed by atoms with Gasteiger partial charge >= 0.3 is 0 Å². The maximum atomic E-state index is 12.8. The van der Waals surface area contributed by atoms with E-state index in [0.29, 0.717) is 18.7 Å². The Morgan fingerprint density at radius 1 is 1.24 bits per heavy atom. The zero-order valence-corrected chi connectivity index (χ0v) is 11.6. The van der Waals surface area contributed by atoms with Crippen molar-refractivity contribution in [2.24, 2.45) is 0 Å². The molecular weight excluding hydrogens is 273 g/mol. The van der Waals surface area contributed by atoms with Gasteiger partial charge in [0.05, 0.1) is 12.7 Å². The highest BCUT2D eigenvalue weighted by atomic mass is 19.1. The molecule has 0 atom stereocenters. The van der Waals surface area contributed by atoms with Crippen molar-refractivity contribution >= 4 is 5.91 Å². The first-order valence-electron chi connectivity index (χ1n) is 6.50. The number of carbonyl (C=O) groups is 1. The van der Waals surface area contributed by atoms with Crippen LogP contribution in [0, 0.1) is 5.82 Å². The summed E-state index contributed by atoms with van der Waals surface area (Å²) in [5, 5.41) is 12.4. The van der Waals surface area contributed by atoms with E-state index in [1.165, 1.54) is 31.4 Å². The molecule has 0 saturated carbocycles. The first-order chi connectivity index (χ1) is 10.1. The molecule has 21 heavy (non-hydrogen) atoms. The number of phenolic OH excluding ortho intramolecular Hbond substituents is 1. The number of rotatable bonds is 5. The van der Waals surface area contributed by atoms with Gasteiger partial charge in [-0.05, 0) is 42.3 Å². The van der Waals surface area contributed by atoms with Crippen LogP contribution in [0.5, 0.6) is 11.5 Å². The summed E-state index contributed by atoms with van der Waals surface area (Å²) in [6.45, 7) is 0.390. The van der Waals surface area contributed by atoms with E-state index in [4.69, 9.17) is 4.74 Å². The summed E-state index contributed by atoms with van der Waals surface area (Å²) in [7, 11) is 1.49. The van der Waals surface area contributed by atoms with E-state index in [1.807, 2.05) is 0 Å². The Hall–Kier alpha value is -2.56. The van der Waals surface area contributed by atoms with Gasteiger partial charge in [0.25, 0.3) is 5.91 Å². The number of nitrogens with one attached hydrogen (secondary N) is 1. The molecule has 5 heteroatoms. The number of hydrogen-bond acceptors (Lipinski definition) is 3. The van der Waals surface area contributed by atoms with Gasteiger partial charge in [-0.3, -0.25) is 4.79 Å². The van der Waals surface area contributed by atoms with Gasteiger partial charge in [-0.15, -0.1) is 0 Å². The van der Waals surface area contributed by atoms with Crippen molar-refractivity contribution in [1.82, 2.24) is 5.32 Å². The lowest BCUT2D eigenvalue weighted by Crippen LogP contribution is -2.25. The van der Waals surface area contributed by atoms with Crippen LogP contribution in [-0.2, 0) is 6.42 Å². The predicted octanol–water partition coefficient (Wildman–Crippen LogP) is 2.51. The average Bonchev–Trinajstić information content (AvgIpc) is 2.49. The summed E-state index contributed by atoms with van der Waals surface area (Å²) in [6, 6.07) is 10.6. The number of hydrogen-bond donors (Lipinski definition) is 2. The topological polar surface area (TPSA) is 58.6 Å². The smallest absolute Gasteiger partial charge is 0.255 e. The third kappa shape index (κ3) is 3.95. The Bertz CT molecular complexity index is 626. The van der Waals surface area contributed by atoms with E-state index in [1.54, 1.807) is 18.2 Å². The molecule has 0 spiro atoms. The van der Waals surface area contributed by atoms with E-state index >= 15 is 0 Å². The molecule has 110 valence electrons. The van der Waals surface area contributed by atoms with Gasteiger partial charge < -0.3 is 15.2 Å². The maximum absolute atomic E-state index is 12.8. The van der Waals surface area contributed by atoms with Crippen molar-refractivity contribution < 1.29 is 19.0 Å². The van der Waals surface area contributed by atoms with Gasteiger partial charge in [0.1, 0.15) is 17.3 Å². The third-order valence-electron chi connectivity index (χ3n) is 3.06. The molecule has 0 bridgehead atoms. The second-order valence-electron chi connectivity index (χ2n) is 4.52. The molecule has 0 radical (unpaired) electrons. The van der Waals surface area contributed by atoms with Crippen molar-refractivity contribution in [3.05, 3.63) is 59.4 Å². The maximum Gasteiger partial charge on any atom is 0.255 e. The minimum absolute atomic E-state index is 0.102. The second kappa shape index (κ2) is 6.74. The SMILES string of the molecule is COc1ccc(O)c(C(=O)NCCc2ccc(F)cc2)c1. The molecule has 0 saturated heterocycles. The number of phenols is 1. The van der Waals surface area contributed by atoms with Crippen molar-refractivity contribution in [3.8, 4) is 11.5 Å². The van der Waals surface area contributed by atoms with Crippen molar-refractivity contribution in [2.75, 3.05) is 13.7 Å². The first kappa shape index (κ1) is 14.8. The highest BCUT2D eigenvalue weighted by molar-refractivity contribution is 5.97. The molecule has 0 aliphatic heterocycles. The van der Waals surface area contributed by atoms with Crippen molar-refractivity contribution in [2.45, 2.75) is 6.42 Å². The Balaban J connectivity index is 1.94. The summed E-state index contributed by atoms with van der Waals surface area (Å²) < 4.78 is 17.8. The fraction of sp³-hybridized carbons (Fsp3) is 0.188. The van der Waals surface area contributed by atoms with Crippen LogP contribution >= 0.6 is 0 Å². The summed E-state index contributed by atoms with van der Waals surface area (Å²) in [4.78, 5) is 12.0. The number of aromatic hydroxyl groups is 1. The number of halogens is 1. The third-order valence-corrected chi connectivity index (χ3v) is 3.06. The lowest BCUT2D eigenvalue weighted by Gasteiger charge is -2.08. The Labute approximate surface area is 122 Å². The highest BCUT2D eigenvalue weighted by Crippen LogP contribution is 2.22. The van der Waals surface area contributed by atoms with Gasteiger partial charge in [-0.25, -0.2) is 4.39 Å². The summed E-state index contributed by atoms with van der Waals surface area (Å²) >= 11 is 0. The molecule has 0 aromatic heterocycles. The van der Waals surface area contributed by atoms with Crippen LogP contribution < -0.4 is 10.1 Å². The van der Waals surface area contributed by atoms with Gasteiger partial charge in [-0.1, -0.05) is 12.1 Å². The largest absolute Gasteiger partial charge is 0.507 e. The predicted molar refractivity (Wildman–Crippen MR) is 77.1 cm³/mol. The quantitative estimate of drug-likeness (QED) is 0.889. The minimum Gasteiger partial charge on any atom is -0.507 e. The van der Waals surface area contributed by atoms with Crippen molar-refractivity contribution in [3.63, 3.8) is 0 Å². The van der Waals surface area contributed by atoms with Crippen LogP contribution in [0.25, 0.3) is 0 Å². The number of ether oxygens (including phenoxy) is 1. The molecule has 2 aromatic rings. The van der Waals surface area contributed by atoms with Crippen molar-refractivity contribution in [1.29, 1.82) is 0 Å². The van der Waals surface area contributed by atoms with Gasteiger partial charge in [-0.2, -0.15) is 0 Å². The van der Waals surface area contributed by atoms with Gasteiger partial charge in [0.15, 0.2) is 0 Å². The lowest BCUT2D eigenvalue weighted by atomic mass is 10.1. The molecule has 2 rings (SSSR count). The van der Waals surface area contributed by atoms with Crippen LogP contribution in [0.2, 0.25) is 0 Å². The summed E-state index contributed by atoms with van der Waals surface area (Å²) in [6.07, 6.45) is 0.580. The van der Waals surface area contributed by atoms with Crippen LogP contribution in [0.15, 0.2) is 42.5 Å². The fourth-order valence-electron chi connectivity index (χ4n) is 1.89. The monoisotopic (exact) mass is 289 g/mol.